The van der Waals surface area contributed by atoms with E-state index in [0.29, 0.717) is 10.6 Å². The van der Waals surface area contributed by atoms with Crippen LogP contribution in [0.25, 0.3) is 5.70 Å². The van der Waals surface area contributed by atoms with Crippen molar-refractivity contribution in [1.29, 1.82) is 0 Å². The molecule has 2 aliphatic rings. The second-order valence-corrected chi connectivity index (χ2v) is 5.04. The minimum absolute atomic E-state index is 0.120. The number of hydrogen-bond donors (Lipinski definition) is 2. The summed E-state index contributed by atoms with van der Waals surface area (Å²) in [7, 11) is 0. The maximum Gasteiger partial charge on any atom is 0.336 e. The highest BCUT2D eigenvalue weighted by Crippen LogP contribution is 2.28. The normalized spacial score (nSPS) is 20.2. The number of allylic oxidation sites excluding steroid dienone is 2. The van der Waals surface area contributed by atoms with E-state index in [1.807, 2.05) is 42.5 Å². The number of hydrogen-bond acceptors (Lipinski definition) is 2. The van der Waals surface area contributed by atoms with Gasteiger partial charge in [0, 0.05) is 10.7 Å². The number of benzene rings is 1. The van der Waals surface area contributed by atoms with Gasteiger partial charge in [-0.2, -0.15) is 0 Å². The van der Waals surface area contributed by atoms with Crippen LogP contribution in [0.4, 0.5) is 0 Å². The van der Waals surface area contributed by atoms with Crippen LogP contribution in [0.3, 0.4) is 0 Å². The summed E-state index contributed by atoms with van der Waals surface area (Å²) in [6, 6.07) is 7.23. The van der Waals surface area contributed by atoms with Gasteiger partial charge in [0.1, 0.15) is 0 Å². The van der Waals surface area contributed by atoms with E-state index in [9.17, 15) is 9.90 Å². The summed E-state index contributed by atoms with van der Waals surface area (Å²) < 4.78 is 0. The van der Waals surface area contributed by atoms with Crippen LogP contribution in [-0.4, -0.2) is 17.1 Å². The van der Waals surface area contributed by atoms with Crippen molar-refractivity contribution in [2.45, 2.75) is 6.04 Å². The number of aliphatic carboxylic acids is 1. The monoisotopic (exact) mass is 285 g/mol. The van der Waals surface area contributed by atoms with E-state index in [0.717, 1.165) is 16.8 Å². The van der Waals surface area contributed by atoms with Crippen LogP contribution >= 0.6 is 11.6 Å². The van der Waals surface area contributed by atoms with Crippen LogP contribution in [0.5, 0.6) is 0 Å². The fourth-order valence-corrected chi connectivity index (χ4v) is 2.56. The van der Waals surface area contributed by atoms with Gasteiger partial charge in [0.05, 0.1) is 11.6 Å². The first-order valence-electron chi connectivity index (χ1n) is 6.21. The van der Waals surface area contributed by atoms with Gasteiger partial charge in [-0.3, -0.25) is 0 Å². The molecule has 3 nitrogen and oxygen atoms in total. The molecule has 3 rings (SSSR count). The summed E-state index contributed by atoms with van der Waals surface area (Å²) >= 11 is 5.99. The van der Waals surface area contributed by atoms with Gasteiger partial charge >= 0.3 is 5.97 Å². The highest BCUT2D eigenvalue weighted by molar-refractivity contribution is 6.30. The van der Waals surface area contributed by atoms with Crippen molar-refractivity contribution >= 4 is 23.3 Å². The Morgan fingerprint density at radius 2 is 2.15 bits per heavy atom. The minimum atomic E-state index is -0.925. The van der Waals surface area contributed by atoms with Crippen LogP contribution in [0.2, 0.25) is 5.02 Å². The first-order chi connectivity index (χ1) is 9.65. The van der Waals surface area contributed by atoms with Gasteiger partial charge in [-0.15, -0.1) is 0 Å². The molecule has 0 saturated heterocycles. The molecule has 0 saturated carbocycles. The quantitative estimate of drug-likeness (QED) is 0.877. The molecule has 1 atom stereocenters. The van der Waals surface area contributed by atoms with E-state index in [4.69, 9.17) is 11.6 Å². The van der Waals surface area contributed by atoms with Gasteiger partial charge in [-0.25, -0.2) is 4.79 Å². The Labute approximate surface area is 121 Å². The molecule has 1 heterocycles. The zero-order chi connectivity index (χ0) is 14.1. The lowest BCUT2D eigenvalue weighted by molar-refractivity contribution is -0.132. The predicted octanol–water partition coefficient (Wildman–Crippen LogP) is 3.16. The van der Waals surface area contributed by atoms with Crippen molar-refractivity contribution in [2.24, 2.45) is 0 Å². The number of carbonyl (C=O) groups is 1. The fourth-order valence-electron chi connectivity index (χ4n) is 2.37. The zero-order valence-electron chi connectivity index (χ0n) is 10.5. The summed E-state index contributed by atoms with van der Waals surface area (Å²) in [5.74, 6) is -0.925. The van der Waals surface area contributed by atoms with Gasteiger partial charge in [0.2, 0.25) is 0 Å². The summed E-state index contributed by atoms with van der Waals surface area (Å²) in [6.07, 6.45) is 9.17. The maximum atomic E-state index is 11.4. The summed E-state index contributed by atoms with van der Waals surface area (Å²) in [6.45, 7) is 0. The van der Waals surface area contributed by atoms with Gasteiger partial charge in [0.15, 0.2) is 0 Å². The van der Waals surface area contributed by atoms with Crippen LogP contribution < -0.4 is 5.32 Å². The molecule has 1 aromatic carbocycles. The number of dihydropyridines is 1. The average Bonchev–Trinajstić information content (AvgIpc) is 2.46. The van der Waals surface area contributed by atoms with E-state index < -0.39 is 5.97 Å². The Morgan fingerprint density at radius 3 is 2.90 bits per heavy atom. The van der Waals surface area contributed by atoms with Crippen LogP contribution in [0.1, 0.15) is 5.56 Å². The average molecular weight is 286 g/mol. The Kier molecular flexibility index (Phi) is 3.20. The molecule has 4 heteroatoms. The molecular formula is C16H12ClNO2. The number of halogens is 1. The molecule has 0 bridgehead atoms. The van der Waals surface area contributed by atoms with Gasteiger partial charge in [-0.1, -0.05) is 48.0 Å². The van der Waals surface area contributed by atoms with E-state index in [1.165, 1.54) is 0 Å². The predicted molar refractivity (Wildman–Crippen MR) is 79.3 cm³/mol. The van der Waals surface area contributed by atoms with Crippen molar-refractivity contribution in [3.63, 3.8) is 0 Å². The molecule has 0 spiro atoms. The Hall–Kier alpha value is -2.26. The molecule has 0 aromatic heterocycles. The molecule has 0 amide bonds. The topological polar surface area (TPSA) is 49.3 Å². The largest absolute Gasteiger partial charge is 0.478 e. The third kappa shape index (κ3) is 2.28. The summed E-state index contributed by atoms with van der Waals surface area (Å²) in [4.78, 5) is 11.4. The molecule has 0 fully saturated rings. The standard InChI is InChI=1S/C16H12ClNO2/c17-11-5-3-4-10(8-11)15-9-13(16(19)20)12-6-1-2-7-14(12)18-15/h1-9,14,18H,(H,19,20). The first-order valence-corrected chi connectivity index (χ1v) is 6.59. The number of rotatable bonds is 2. The summed E-state index contributed by atoms with van der Waals surface area (Å²) in [5.41, 5.74) is 2.71. The van der Waals surface area contributed by atoms with Crippen molar-refractivity contribution < 1.29 is 9.90 Å². The van der Waals surface area contributed by atoms with E-state index >= 15 is 0 Å². The van der Waals surface area contributed by atoms with Crippen LogP contribution in [0.15, 0.2) is 65.8 Å². The van der Waals surface area contributed by atoms with Gasteiger partial charge < -0.3 is 10.4 Å². The smallest absolute Gasteiger partial charge is 0.336 e. The number of nitrogens with one attached hydrogen (secondary N) is 1. The lowest BCUT2D eigenvalue weighted by Crippen LogP contribution is -2.33. The molecule has 1 aromatic rings. The maximum absolute atomic E-state index is 11.4. The second-order valence-electron chi connectivity index (χ2n) is 4.61. The van der Waals surface area contributed by atoms with Crippen molar-refractivity contribution in [1.82, 2.24) is 5.32 Å². The van der Waals surface area contributed by atoms with Crippen molar-refractivity contribution in [2.75, 3.05) is 0 Å². The Bertz CT molecular complexity index is 698. The number of carboxylic acid groups (broad SMARTS) is 1. The highest BCUT2D eigenvalue weighted by atomic mass is 35.5. The molecular weight excluding hydrogens is 274 g/mol. The fraction of sp³-hybridized carbons (Fsp3) is 0.0625. The van der Waals surface area contributed by atoms with E-state index in [1.54, 1.807) is 12.1 Å². The van der Waals surface area contributed by atoms with Crippen molar-refractivity contribution in [3.8, 4) is 0 Å². The molecule has 2 N–H and O–H groups in total. The molecule has 20 heavy (non-hydrogen) atoms. The lowest BCUT2D eigenvalue weighted by Gasteiger charge is -2.27. The zero-order valence-corrected chi connectivity index (χ0v) is 11.3. The molecule has 0 radical (unpaired) electrons. The van der Waals surface area contributed by atoms with E-state index in [-0.39, 0.29) is 6.04 Å². The second kappa shape index (κ2) is 5.02. The molecule has 1 unspecified atom stereocenters. The number of fused-ring (bicyclic) bond motifs is 1. The molecule has 1 aliphatic carbocycles. The molecule has 100 valence electrons. The van der Waals surface area contributed by atoms with Gasteiger partial charge in [-0.05, 0) is 29.3 Å². The first kappa shape index (κ1) is 12.8. The third-order valence-corrected chi connectivity index (χ3v) is 3.54. The third-order valence-electron chi connectivity index (χ3n) is 3.30. The Balaban J connectivity index is 2.10. The minimum Gasteiger partial charge on any atom is -0.478 e. The van der Waals surface area contributed by atoms with Gasteiger partial charge in [0.25, 0.3) is 0 Å². The lowest BCUT2D eigenvalue weighted by atomic mass is 9.91. The van der Waals surface area contributed by atoms with E-state index in [2.05, 4.69) is 5.32 Å². The number of carboxylic acids is 1. The van der Waals surface area contributed by atoms with Crippen molar-refractivity contribution in [3.05, 3.63) is 76.4 Å². The Morgan fingerprint density at radius 1 is 1.30 bits per heavy atom. The molecule has 1 aliphatic heterocycles. The summed E-state index contributed by atoms with van der Waals surface area (Å²) in [5, 5.41) is 13.3. The highest BCUT2D eigenvalue weighted by Gasteiger charge is 2.25. The van der Waals surface area contributed by atoms with Crippen LogP contribution in [-0.2, 0) is 4.79 Å². The van der Waals surface area contributed by atoms with Crippen LogP contribution in [0, 0.1) is 0 Å². The SMILES string of the molecule is O=C(O)C1=C2C=CC=CC2NC(c2cccc(Cl)c2)=C1.